The van der Waals surface area contributed by atoms with Crippen molar-refractivity contribution < 1.29 is 4.74 Å². The van der Waals surface area contributed by atoms with Crippen LogP contribution in [0.2, 0.25) is 0 Å². The summed E-state index contributed by atoms with van der Waals surface area (Å²) in [5.74, 6) is 2.09. The number of nitrogens with zero attached hydrogens (tertiary/aromatic N) is 1. The lowest BCUT2D eigenvalue weighted by Gasteiger charge is -2.37. The lowest BCUT2D eigenvalue weighted by atomic mass is 9.75. The van der Waals surface area contributed by atoms with Gasteiger partial charge in [0.2, 0.25) is 0 Å². The third-order valence-electron chi connectivity index (χ3n) is 7.16. The van der Waals surface area contributed by atoms with Gasteiger partial charge in [0.05, 0.1) is 7.11 Å². The molecular formula is C30H37NO. The Morgan fingerprint density at radius 2 is 1.19 bits per heavy atom. The average molecular weight is 428 g/mol. The van der Waals surface area contributed by atoms with E-state index in [2.05, 4.69) is 91.5 Å². The molecule has 0 aliphatic carbocycles. The molecule has 2 nitrogen and oxygen atoms in total. The van der Waals surface area contributed by atoms with Crippen LogP contribution in [-0.2, 0) is 19.4 Å². The Hall–Kier alpha value is -2.58. The lowest BCUT2D eigenvalue weighted by molar-refractivity contribution is 0.168. The van der Waals surface area contributed by atoms with Gasteiger partial charge in [0.1, 0.15) is 5.75 Å². The molecule has 32 heavy (non-hydrogen) atoms. The third kappa shape index (κ3) is 5.42. The number of ether oxygens (including phenoxy) is 1. The summed E-state index contributed by atoms with van der Waals surface area (Å²) >= 11 is 0. The van der Waals surface area contributed by atoms with E-state index in [1.54, 1.807) is 7.11 Å². The van der Waals surface area contributed by atoms with E-state index >= 15 is 0 Å². The van der Waals surface area contributed by atoms with Crippen molar-refractivity contribution >= 4 is 0 Å². The second-order valence-corrected chi connectivity index (χ2v) is 9.13. The molecule has 1 fully saturated rings. The third-order valence-corrected chi connectivity index (χ3v) is 7.16. The van der Waals surface area contributed by atoms with Gasteiger partial charge in [0.15, 0.2) is 0 Å². The molecule has 168 valence electrons. The van der Waals surface area contributed by atoms with E-state index in [9.17, 15) is 0 Å². The van der Waals surface area contributed by atoms with Gasteiger partial charge < -0.3 is 4.74 Å². The second-order valence-electron chi connectivity index (χ2n) is 9.13. The Kier molecular flexibility index (Phi) is 7.65. The molecule has 1 saturated heterocycles. The van der Waals surface area contributed by atoms with Crippen LogP contribution in [0.4, 0.5) is 0 Å². The highest BCUT2D eigenvalue weighted by atomic mass is 16.5. The molecule has 0 N–H and O–H groups in total. The first-order chi connectivity index (χ1) is 15.7. The Balaban J connectivity index is 1.48. The van der Waals surface area contributed by atoms with Gasteiger partial charge in [-0.25, -0.2) is 0 Å². The molecule has 1 heterocycles. The van der Waals surface area contributed by atoms with E-state index in [-0.39, 0.29) is 0 Å². The van der Waals surface area contributed by atoms with Gasteiger partial charge in [-0.05, 0) is 84.6 Å². The lowest BCUT2D eigenvalue weighted by Crippen LogP contribution is -2.35. The number of rotatable bonds is 8. The topological polar surface area (TPSA) is 12.5 Å². The first-order valence-electron chi connectivity index (χ1n) is 12.2. The minimum atomic E-state index is 0.481. The van der Waals surface area contributed by atoms with Crippen molar-refractivity contribution in [1.82, 2.24) is 4.90 Å². The van der Waals surface area contributed by atoms with Gasteiger partial charge >= 0.3 is 0 Å². The molecule has 1 aliphatic rings. The molecule has 3 aromatic carbocycles. The van der Waals surface area contributed by atoms with Gasteiger partial charge in [0, 0.05) is 12.5 Å². The largest absolute Gasteiger partial charge is 0.497 e. The summed E-state index contributed by atoms with van der Waals surface area (Å²) < 4.78 is 5.30. The maximum atomic E-state index is 5.30. The molecule has 0 radical (unpaired) electrons. The van der Waals surface area contributed by atoms with E-state index in [1.807, 2.05) is 0 Å². The van der Waals surface area contributed by atoms with Crippen molar-refractivity contribution in [1.29, 1.82) is 0 Å². The zero-order chi connectivity index (χ0) is 22.3. The van der Waals surface area contributed by atoms with E-state index < -0.39 is 0 Å². The zero-order valence-corrected chi connectivity index (χ0v) is 19.9. The summed E-state index contributed by atoms with van der Waals surface area (Å²) in [4.78, 5) is 2.61. The van der Waals surface area contributed by atoms with Crippen LogP contribution in [0.3, 0.4) is 0 Å². The molecule has 0 spiro atoms. The molecular weight excluding hydrogens is 390 g/mol. The van der Waals surface area contributed by atoms with Crippen LogP contribution >= 0.6 is 0 Å². The van der Waals surface area contributed by atoms with E-state index in [0.29, 0.717) is 11.8 Å². The minimum absolute atomic E-state index is 0.481. The maximum absolute atomic E-state index is 5.30. The summed E-state index contributed by atoms with van der Waals surface area (Å²) in [7, 11) is 1.72. The highest BCUT2D eigenvalue weighted by Gasteiger charge is 2.29. The summed E-state index contributed by atoms with van der Waals surface area (Å²) in [5.41, 5.74) is 7.15. The SMILES string of the molecule is CCc1ccc(C(c2ccc(CC)cc2)C2CCN(Cc3ccc(OC)cc3)CC2)cc1. The first-order valence-corrected chi connectivity index (χ1v) is 12.2. The molecule has 2 heteroatoms. The van der Waals surface area contributed by atoms with Crippen LogP contribution in [0.1, 0.15) is 60.4 Å². The van der Waals surface area contributed by atoms with Crippen molar-refractivity contribution in [3.63, 3.8) is 0 Å². The quantitative estimate of drug-likeness (QED) is 0.389. The van der Waals surface area contributed by atoms with E-state index in [0.717, 1.165) is 38.2 Å². The van der Waals surface area contributed by atoms with Gasteiger partial charge in [-0.3, -0.25) is 4.90 Å². The fourth-order valence-electron chi connectivity index (χ4n) is 5.09. The Morgan fingerprint density at radius 1 is 0.719 bits per heavy atom. The van der Waals surface area contributed by atoms with Crippen molar-refractivity contribution in [3.05, 3.63) is 101 Å². The number of aryl methyl sites for hydroxylation is 2. The number of benzene rings is 3. The van der Waals surface area contributed by atoms with Crippen LogP contribution in [0.5, 0.6) is 5.75 Å². The fourth-order valence-corrected chi connectivity index (χ4v) is 5.09. The van der Waals surface area contributed by atoms with Crippen molar-refractivity contribution in [2.75, 3.05) is 20.2 Å². The summed E-state index contributed by atoms with van der Waals surface area (Å²) in [5, 5.41) is 0. The van der Waals surface area contributed by atoms with E-state index in [1.165, 1.54) is 40.7 Å². The molecule has 4 rings (SSSR count). The van der Waals surface area contributed by atoms with Crippen LogP contribution in [0.15, 0.2) is 72.8 Å². The monoisotopic (exact) mass is 427 g/mol. The number of hydrogen-bond acceptors (Lipinski definition) is 2. The molecule has 0 amide bonds. The van der Waals surface area contributed by atoms with Crippen LogP contribution in [-0.4, -0.2) is 25.1 Å². The fraction of sp³-hybridized carbons (Fsp3) is 0.400. The summed E-state index contributed by atoms with van der Waals surface area (Å²) in [6.45, 7) is 7.81. The van der Waals surface area contributed by atoms with Crippen molar-refractivity contribution in [2.45, 2.75) is 52.0 Å². The van der Waals surface area contributed by atoms with Gasteiger partial charge in [-0.15, -0.1) is 0 Å². The van der Waals surface area contributed by atoms with Crippen LogP contribution in [0.25, 0.3) is 0 Å². The van der Waals surface area contributed by atoms with Gasteiger partial charge in [0.25, 0.3) is 0 Å². The predicted octanol–water partition coefficient (Wildman–Crippen LogP) is 6.86. The highest BCUT2D eigenvalue weighted by Crippen LogP contribution is 2.38. The summed E-state index contributed by atoms with van der Waals surface area (Å²) in [6.07, 6.45) is 4.68. The molecule has 0 bridgehead atoms. The van der Waals surface area contributed by atoms with Crippen LogP contribution in [0, 0.1) is 5.92 Å². The Morgan fingerprint density at radius 3 is 1.62 bits per heavy atom. The maximum Gasteiger partial charge on any atom is 0.118 e. The molecule has 0 unspecified atom stereocenters. The minimum Gasteiger partial charge on any atom is -0.497 e. The number of methoxy groups -OCH3 is 1. The van der Waals surface area contributed by atoms with Crippen LogP contribution < -0.4 is 4.74 Å². The number of likely N-dealkylation sites (tertiary alicyclic amines) is 1. The molecule has 1 aliphatic heterocycles. The molecule has 0 saturated carbocycles. The smallest absolute Gasteiger partial charge is 0.118 e. The second kappa shape index (κ2) is 10.8. The molecule has 0 aromatic heterocycles. The zero-order valence-electron chi connectivity index (χ0n) is 19.9. The Labute approximate surface area is 194 Å². The van der Waals surface area contributed by atoms with Gasteiger partial charge in [-0.1, -0.05) is 74.5 Å². The predicted molar refractivity (Wildman–Crippen MR) is 134 cm³/mol. The molecule has 3 aromatic rings. The standard InChI is InChI=1S/C30H37NO/c1-4-23-6-12-26(13-7-23)30(27-14-8-24(5-2)9-15-27)28-18-20-31(21-19-28)22-25-10-16-29(32-3)17-11-25/h6-17,28,30H,4-5,18-22H2,1-3H3. The normalized spacial score (nSPS) is 15.2. The first kappa shape index (κ1) is 22.6. The van der Waals surface area contributed by atoms with E-state index in [4.69, 9.17) is 4.74 Å². The highest BCUT2D eigenvalue weighted by molar-refractivity contribution is 5.37. The Bertz CT molecular complexity index is 904. The number of hydrogen-bond donors (Lipinski definition) is 0. The van der Waals surface area contributed by atoms with Gasteiger partial charge in [-0.2, -0.15) is 0 Å². The number of piperidine rings is 1. The summed E-state index contributed by atoms with van der Waals surface area (Å²) in [6, 6.07) is 27.3. The average Bonchev–Trinajstić information content (AvgIpc) is 2.86. The van der Waals surface area contributed by atoms with Crippen molar-refractivity contribution in [3.8, 4) is 5.75 Å². The van der Waals surface area contributed by atoms with Crippen molar-refractivity contribution in [2.24, 2.45) is 5.92 Å². The molecule has 0 atom stereocenters.